The molecule has 0 unspecified atom stereocenters. The van der Waals surface area contributed by atoms with Crippen LogP contribution in [0.25, 0.3) is 0 Å². The molecule has 0 amide bonds. The summed E-state index contributed by atoms with van der Waals surface area (Å²) in [6.07, 6.45) is 44.0. The first-order valence-corrected chi connectivity index (χ1v) is 24.4. The van der Waals surface area contributed by atoms with E-state index in [0.717, 1.165) is 70.1 Å². The molecule has 6 nitrogen and oxygen atoms in total. The highest BCUT2D eigenvalue weighted by Gasteiger charge is 2.19. The zero-order valence-electron chi connectivity index (χ0n) is 37.4. The highest BCUT2D eigenvalue weighted by atomic mass is 16.6. The van der Waals surface area contributed by atoms with E-state index in [1.54, 1.807) is 0 Å². The molecule has 0 aliphatic heterocycles. The largest absolute Gasteiger partial charge is 0.462 e. The van der Waals surface area contributed by atoms with Crippen molar-refractivity contribution < 1.29 is 28.6 Å². The van der Waals surface area contributed by atoms with Crippen LogP contribution in [0.1, 0.15) is 272 Å². The van der Waals surface area contributed by atoms with E-state index in [2.05, 4.69) is 27.7 Å². The Morgan fingerprint density at radius 3 is 0.891 bits per heavy atom. The third-order valence-electron chi connectivity index (χ3n) is 11.0. The molecule has 0 fully saturated rings. The van der Waals surface area contributed by atoms with Crippen molar-refractivity contribution in [3.05, 3.63) is 0 Å². The van der Waals surface area contributed by atoms with Gasteiger partial charge in [0.25, 0.3) is 0 Å². The highest BCUT2D eigenvalue weighted by Crippen LogP contribution is 2.17. The minimum absolute atomic E-state index is 0.0641. The van der Waals surface area contributed by atoms with Gasteiger partial charge in [-0.05, 0) is 25.2 Å². The number of hydrogen-bond donors (Lipinski definition) is 0. The van der Waals surface area contributed by atoms with Gasteiger partial charge >= 0.3 is 17.9 Å². The third kappa shape index (κ3) is 43.4. The molecule has 0 rings (SSSR count). The van der Waals surface area contributed by atoms with Gasteiger partial charge in [0.1, 0.15) is 13.2 Å². The predicted molar refractivity (Wildman–Crippen MR) is 233 cm³/mol. The molecule has 0 aliphatic rings. The van der Waals surface area contributed by atoms with Crippen molar-refractivity contribution in [3.63, 3.8) is 0 Å². The molecule has 0 spiro atoms. The average Bonchev–Trinajstić information content (AvgIpc) is 3.17. The summed E-state index contributed by atoms with van der Waals surface area (Å²) < 4.78 is 16.7. The van der Waals surface area contributed by atoms with Gasteiger partial charge in [0.2, 0.25) is 0 Å². The first-order valence-electron chi connectivity index (χ1n) is 24.4. The Morgan fingerprint density at radius 2 is 0.600 bits per heavy atom. The van der Waals surface area contributed by atoms with Gasteiger partial charge in [-0.2, -0.15) is 0 Å². The number of unbranched alkanes of at least 4 members (excludes halogenated alkanes) is 31. The van der Waals surface area contributed by atoms with Gasteiger partial charge in [0.05, 0.1) is 0 Å². The number of esters is 3. The molecule has 0 N–H and O–H groups in total. The van der Waals surface area contributed by atoms with E-state index in [9.17, 15) is 14.4 Å². The van der Waals surface area contributed by atoms with Gasteiger partial charge in [-0.1, -0.05) is 233 Å². The maximum Gasteiger partial charge on any atom is 0.306 e. The van der Waals surface area contributed by atoms with Gasteiger partial charge in [0, 0.05) is 19.3 Å². The molecule has 6 heteroatoms. The highest BCUT2D eigenvalue weighted by molar-refractivity contribution is 5.71. The van der Waals surface area contributed by atoms with E-state index in [0.29, 0.717) is 19.3 Å². The second-order valence-corrected chi connectivity index (χ2v) is 17.2. The third-order valence-corrected chi connectivity index (χ3v) is 11.0. The lowest BCUT2D eigenvalue weighted by atomic mass is 10.0. The van der Waals surface area contributed by atoms with Crippen LogP contribution in [-0.2, 0) is 28.6 Å². The van der Waals surface area contributed by atoms with E-state index in [-0.39, 0.29) is 31.1 Å². The molecular weight excluding hydrogens is 685 g/mol. The Balaban J connectivity index is 4.14. The van der Waals surface area contributed by atoms with Crippen LogP contribution in [0.15, 0.2) is 0 Å². The maximum atomic E-state index is 12.7. The minimum atomic E-state index is -0.758. The van der Waals surface area contributed by atoms with Crippen molar-refractivity contribution in [2.24, 2.45) is 5.92 Å². The van der Waals surface area contributed by atoms with Gasteiger partial charge in [-0.25, -0.2) is 0 Å². The summed E-state index contributed by atoms with van der Waals surface area (Å²) >= 11 is 0. The lowest BCUT2D eigenvalue weighted by molar-refractivity contribution is -0.167. The molecule has 55 heavy (non-hydrogen) atoms. The second kappa shape index (κ2) is 43.5. The van der Waals surface area contributed by atoms with Crippen molar-refractivity contribution in [1.82, 2.24) is 0 Å². The molecule has 0 bridgehead atoms. The summed E-state index contributed by atoms with van der Waals surface area (Å²) in [4.78, 5) is 37.6. The molecule has 0 saturated carbocycles. The number of hydrogen-bond acceptors (Lipinski definition) is 6. The number of ether oxygens (including phenoxy) is 3. The number of carbonyl (C=O) groups excluding carboxylic acids is 3. The fourth-order valence-corrected chi connectivity index (χ4v) is 7.33. The fourth-order valence-electron chi connectivity index (χ4n) is 7.33. The molecule has 0 aromatic carbocycles. The summed E-state index contributed by atoms with van der Waals surface area (Å²) in [5.74, 6) is -0.0246. The van der Waals surface area contributed by atoms with Crippen molar-refractivity contribution >= 4 is 17.9 Å². The van der Waals surface area contributed by atoms with Crippen LogP contribution in [0.4, 0.5) is 0 Å². The van der Waals surface area contributed by atoms with E-state index in [4.69, 9.17) is 14.2 Å². The van der Waals surface area contributed by atoms with Gasteiger partial charge in [-0.3, -0.25) is 14.4 Å². The van der Waals surface area contributed by atoms with E-state index < -0.39 is 6.10 Å². The zero-order valence-corrected chi connectivity index (χ0v) is 37.4. The van der Waals surface area contributed by atoms with Crippen molar-refractivity contribution in [2.45, 2.75) is 278 Å². The minimum Gasteiger partial charge on any atom is -0.462 e. The van der Waals surface area contributed by atoms with Crippen molar-refractivity contribution in [1.29, 1.82) is 0 Å². The smallest absolute Gasteiger partial charge is 0.306 e. The normalized spacial score (nSPS) is 11.9. The quantitative estimate of drug-likeness (QED) is 0.0348. The Labute approximate surface area is 342 Å². The molecule has 0 aliphatic carbocycles. The summed E-state index contributed by atoms with van der Waals surface area (Å²) in [6, 6.07) is 0. The number of rotatable bonds is 44. The molecule has 0 radical (unpaired) electrons. The maximum absolute atomic E-state index is 12.7. The van der Waals surface area contributed by atoms with Gasteiger partial charge in [0.15, 0.2) is 6.10 Å². The van der Waals surface area contributed by atoms with Gasteiger partial charge < -0.3 is 14.2 Å². The van der Waals surface area contributed by atoms with Crippen molar-refractivity contribution in [3.8, 4) is 0 Å². The number of carbonyl (C=O) groups is 3. The van der Waals surface area contributed by atoms with Crippen LogP contribution in [-0.4, -0.2) is 37.2 Å². The molecule has 0 aromatic rings. The summed E-state index contributed by atoms with van der Waals surface area (Å²) in [6.45, 7) is 8.94. The Hall–Kier alpha value is -1.59. The Bertz CT molecular complexity index is 826. The molecular formula is C49H94O6. The zero-order chi connectivity index (χ0) is 40.3. The van der Waals surface area contributed by atoms with Crippen LogP contribution in [0, 0.1) is 5.92 Å². The van der Waals surface area contributed by atoms with E-state index >= 15 is 0 Å². The fraction of sp³-hybridized carbons (Fsp3) is 0.939. The molecule has 0 heterocycles. The van der Waals surface area contributed by atoms with Crippen LogP contribution in [0.5, 0.6) is 0 Å². The van der Waals surface area contributed by atoms with Gasteiger partial charge in [-0.15, -0.1) is 0 Å². The summed E-state index contributed by atoms with van der Waals surface area (Å²) in [5.41, 5.74) is 0. The van der Waals surface area contributed by atoms with E-state index in [1.807, 2.05) is 0 Å². The van der Waals surface area contributed by atoms with Crippen LogP contribution >= 0.6 is 0 Å². The molecule has 0 aromatic heterocycles. The summed E-state index contributed by atoms with van der Waals surface area (Å²) in [7, 11) is 0. The lowest BCUT2D eigenvalue weighted by Gasteiger charge is -2.18. The van der Waals surface area contributed by atoms with Crippen LogP contribution < -0.4 is 0 Å². The van der Waals surface area contributed by atoms with Crippen LogP contribution in [0.3, 0.4) is 0 Å². The van der Waals surface area contributed by atoms with E-state index in [1.165, 1.54) is 161 Å². The molecule has 326 valence electrons. The second-order valence-electron chi connectivity index (χ2n) is 17.2. The topological polar surface area (TPSA) is 78.9 Å². The Morgan fingerprint density at radius 1 is 0.345 bits per heavy atom. The van der Waals surface area contributed by atoms with Crippen molar-refractivity contribution in [2.75, 3.05) is 13.2 Å². The average molecular weight is 779 g/mol. The Kier molecular flexibility index (Phi) is 42.3. The van der Waals surface area contributed by atoms with Crippen LogP contribution in [0.2, 0.25) is 0 Å². The molecule has 1 atom stereocenters. The first kappa shape index (κ1) is 53.4. The SMILES string of the molecule is CCCCCCCCCCCCCCCCCCC(=O)OC[C@@H](COC(=O)CCCCCCC)OC(=O)CCCCCCCCCCCCCCCC(C)C. The first-order chi connectivity index (χ1) is 26.9. The standard InChI is InChI=1S/C49H94O6/c1-5-7-9-11-12-13-14-15-16-17-20-23-26-29-33-37-41-48(51)54-44-46(43-53-47(50)40-36-31-10-8-6-2)55-49(52)42-38-34-30-27-24-21-18-19-22-25-28-32-35-39-45(3)4/h45-46H,5-44H2,1-4H3/t46-/m1/s1. The monoisotopic (exact) mass is 779 g/mol. The lowest BCUT2D eigenvalue weighted by Crippen LogP contribution is -2.30. The summed E-state index contributed by atoms with van der Waals surface area (Å²) in [5, 5.41) is 0. The predicted octanol–water partition coefficient (Wildman–Crippen LogP) is 15.5. The molecule has 0 saturated heterocycles.